The largest absolute Gasteiger partial charge is 0.311 e. The minimum atomic E-state index is -0.514. The van der Waals surface area contributed by atoms with Crippen LogP contribution in [0.4, 0.5) is 15.9 Å². The lowest BCUT2D eigenvalue weighted by Gasteiger charge is -2.17. The summed E-state index contributed by atoms with van der Waals surface area (Å²) in [6.45, 7) is 1.86. The van der Waals surface area contributed by atoms with Gasteiger partial charge in [0.2, 0.25) is 11.8 Å². The number of amides is 2. The van der Waals surface area contributed by atoms with Gasteiger partial charge < -0.3 is 10.2 Å². The fourth-order valence-corrected chi connectivity index (χ4v) is 2.67. The Morgan fingerprint density at radius 1 is 1.38 bits per heavy atom. The standard InChI is InChI=1S/C17H15ClFN3O2/c1-10-2-4-13(7-14(10)19)22-9-11(6-16(22)23)17(24)21-15-5-3-12(18)8-20-15/h2-5,7-8,11H,6,9H2,1H3,(H,20,21,24). The Hall–Kier alpha value is -2.47. The van der Waals surface area contributed by atoms with Gasteiger partial charge in [0, 0.05) is 24.8 Å². The van der Waals surface area contributed by atoms with Crippen LogP contribution in [0.15, 0.2) is 36.5 Å². The van der Waals surface area contributed by atoms with Crippen molar-refractivity contribution in [1.82, 2.24) is 4.98 Å². The van der Waals surface area contributed by atoms with Crippen LogP contribution in [0.5, 0.6) is 0 Å². The Labute approximate surface area is 143 Å². The van der Waals surface area contributed by atoms with Gasteiger partial charge in [0.15, 0.2) is 0 Å². The van der Waals surface area contributed by atoms with Gasteiger partial charge >= 0.3 is 0 Å². The average Bonchev–Trinajstić information content (AvgIpc) is 2.94. The number of benzene rings is 1. The highest BCUT2D eigenvalue weighted by molar-refractivity contribution is 6.30. The van der Waals surface area contributed by atoms with E-state index in [1.807, 2.05) is 0 Å². The molecular weight excluding hydrogens is 333 g/mol. The van der Waals surface area contributed by atoms with Gasteiger partial charge in [0.1, 0.15) is 11.6 Å². The van der Waals surface area contributed by atoms with Gasteiger partial charge in [-0.1, -0.05) is 17.7 Å². The lowest BCUT2D eigenvalue weighted by molar-refractivity contribution is -0.122. The van der Waals surface area contributed by atoms with Crippen LogP contribution in [-0.4, -0.2) is 23.3 Å². The molecule has 2 heterocycles. The number of nitrogens with one attached hydrogen (secondary N) is 1. The Kier molecular flexibility index (Phi) is 4.49. The molecule has 1 aromatic carbocycles. The van der Waals surface area contributed by atoms with Crippen molar-refractivity contribution in [2.75, 3.05) is 16.8 Å². The molecule has 3 rings (SSSR count). The second kappa shape index (κ2) is 6.57. The molecule has 1 fully saturated rings. The number of pyridine rings is 1. The van der Waals surface area contributed by atoms with E-state index in [1.54, 1.807) is 31.2 Å². The normalized spacial score (nSPS) is 17.2. The minimum absolute atomic E-state index is 0.0783. The number of carbonyl (C=O) groups is 2. The zero-order chi connectivity index (χ0) is 17.3. The topological polar surface area (TPSA) is 62.3 Å². The number of halogens is 2. The van der Waals surface area contributed by atoms with Gasteiger partial charge in [-0.3, -0.25) is 9.59 Å². The Balaban J connectivity index is 1.70. The molecule has 1 aromatic heterocycles. The van der Waals surface area contributed by atoms with Gasteiger partial charge in [-0.05, 0) is 36.8 Å². The third kappa shape index (κ3) is 3.38. The molecule has 0 saturated carbocycles. The highest BCUT2D eigenvalue weighted by Gasteiger charge is 2.35. The maximum atomic E-state index is 13.7. The zero-order valence-electron chi connectivity index (χ0n) is 12.9. The third-order valence-corrected chi connectivity index (χ3v) is 4.17. The van der Waals surface area contributed by atoms with Crippen molar-refractivity contribution in [3.63, 3.8) is 0 Å². The summed E-state index contributed by atoms with van der Waals surface area (Å²) in [6.07, 6.45) is 1.51. The second-order valence-electron chi connectivity index (χ2n) is 5.69. The fourth-order valence-electron chi connectivity index (χ4n) is 2.56. The molecular formula is C17H15ClFN3O2. The van der Waals surface area contributed by atoms with Crippen LogP contribution in [0.3, 0.4) is 0 Å². The smallest absolute Gasteiger partial charge is 0.230 e. The molecule has 124 valence electrons. The van der Waals surface area contributed by atoms with Crippen LogP contribution in [0.25, 0.3) is 0 Å². The van der Waals surface area contributed by atoms with Crippen LogP contribution in [0, 0.1) is 18.7 Å². The molecule has 1 aliphatic heterocycles. The zero-order valence-corrected chi connectivity index (χ0v) is 13.7. The first kappa shape index (κ1) is 16.4. The van der Waals surface area contributed by atoms with Crippen molar-refractivity contribution in [3.8, 4) is 0 Å². The number of hydrogen-bond acceptors (Lipinski definition) is 3. The predicted molar refractivity (Wildman–Crippen MR) is 89.5 cm³/mol. The maximum Gasteiger partial charge on any atom is 0.230 e. The van der Waals surface area contributed by atoms with Crippen LogP contribution >= 0.6 is 11.6 Å². The van der Waals surface area contributed by atoms with Gasteiger partial charge in [0.05, 0.1) is 10.9 Å². The quantitative estimate of drug-likeness (QED) is 0.927. The van der Waals surface area contributed by atoms with Gasteiger partial charge in [0.25, 0.3) is 0 Å². The number of hydrogen-bond donors (Lipinski definition) is 1. The molecule has 0 aliphatic carbocycles. The van der Waals surface area contributed by atoms with Crippen molar-refractivity contribution in [1.29, 1.82) is 0 Å². The first-order valence-corrected chi connectivity index (χ1v) is 7.81. The summed E-state index contributed by atoms with van der Waals surface area (Å²) in [5.41, 5.74) is 0.969. The molecule has 1 unspecified atom stereocenters. The summed E-state index contributed by atoms with van der Waals surface area (Å²) in [7, 11) is 0. The molecule has 1 saturated heterocycles. The Morgan fingerprint density at radius 2 is 2.17 bits per heavy atom. The maximum absolute atomic E-state index is 13.7. The summed E-state index contributed by atoms with van der Waals surface area (Å²) in [5, 5.41) is 3.13. The average molecular weight is 348 g/mol. The monoisotopic (exact) mass is 347 g/mol. The first-order chi connectivity index (χ1) is 11.4. The molecule has 0 radical (unpaired) electrons. The number of nitrogens with zero attached hydrogens (tertiary/aromatic N) is 2. The van der Waals surface area contributed by atoms with Crippen molar-refractivity contribution in [3.05, 3.63) is 52.9 Å². The lowest BCUT2D eigenvalue weighted by atomic mass is 10.1. The molecule has 2 amide bonds. The minimum Gasteiger partial charge on any atom is -0.311 e. The first-order valence-electron chi connectivity index (χ1n) is 7.43. The lowest BCUT2D eigenvalue weighted by Crippen LogP contribution is -2.28. The molecule has 1 aliphatic rings. The SMILES string of the molecule is Cc1ccc(N2CC(C(=O)Nc3ccc(Cl)cn3)CC2=O)cc1F. The van der Waals surface area contributed by atoms with E-state index in [1.165, 1.54) is 17.2 Å². The molecule has 2 aromatic rings. The van der Waals surface area contributed by atoms with E-state index in [4.69, 9.17) is 11.6 Å². The van der Waals surface area contributed by atoms with E-state index in [-0.39, 0.29) is 30.6 Å². The number of aryl methyl sites for hydroxylation is 1. The van der Waals surface area contributed by atoms with Gasteiger partial charge in [-0.2, -0.15) is 0 Å². The van der Waals surface area contributed by atoms with Crippen molar-refractivity contribution >= 4 is 34.9 Å². The van der Waals surface area contributed by atoms with Crippen molar-refractivity contribution in [2.45, 2.75) is 13.3 Å². The van der Waals surface area contributed by atoms with Gasteiger partial charge in [-0.15, -0.1) is 0 Å². The van der Waals surface area contributed by atoms with Crippen molar-refractivity contribution in [2.24, 2.45) is 5.92 Å². The summed E-state index contributed by atoms with van der Waals surface area (Å²) in [5.74, 6) is -1.02. The summed E-state index contributed by atoms with van der Waals surface area (Å²) in [6, 6.07) is 7.81. The Morgan fingerprint density at radius 3 is 2.83 bits per heavy atom. The van der Waals surface area contributed by atoms with E-state index in [0.29, 0.717) is 22.1 Å². The summed E-state index contributed by atoms with van der Waals surface area (Å²) in [4.78, 5) is 29.9. The number of aromatic nitrogens is 1. The number of rotatable bonds is 3. The highest BCUT2D eigenvalue weighted by Crippen LogP contribution is 2.27. The van der Waals surface area contributed by atoms with Gasteiger partial charge in [-0.25, -0.2) is 9.37 Å². The molecule has 1 atom stereocenters. The predicted octanol–water partition coefficient (Wildman–Crippen LogP) is 3.17. The third-order valence-electron chi connectivity index (χ3n) is 3.94. The number of anilines is 2. The summed E-state index contributed by atoms with van der Waals surface area (Å²) < 4.78 is 13.7. The van der Waals surface area contributed by atoms with Crippen LogP contribution in [0.2, 0.25) is 5.02 Å². The molecule has 0 spiro atoms. The Bertz CT molecular complexity index is 795. The van der Waals surface area contributed by atoms with E-state index < -0.39 is 5.92 Å². The van der Waals surface area contributed by atoms with Crippen LogP contribution in [0.1, 0.15) is 12.0 Å². The van der Waals surface area contributed by atoms with Crippen LogP contribution in [-0.2, 0) is 9.59 Å². The highest BCUT2D eigenvalue weighted by atomic mass is 35.5. The van der Waals surface area contributed by atoms with E-state index in [9.17, 15) is 14.0 Å². The molecule has 5 nitrogen and oxygen atoms in total. The second-order valence-corrected chi connectivity index (χ2v) is 6.13. The fraction of sp³-hybridized carbons (Fsp3) is 0.235. The van der Waals surface area contributed by atoms with E-state index >= 15 is 0 Å². The van der Waals surface area contributed by atoms with E-state index in [0.717, 1.165) is 0 Å². The molecule has 0 bridgehead atoms. The molecule has 1 N–H and O–H groups in total. The summed E-state index contributed by atoms with van der Waals surface area (Å²) >= 11 is 5.75. The van der Waals surface area contributed by atoms with Crippen molar-refractivity contribution < 1.29 is 14.0 Å². The number of carbonyl (C=O) groups excluding carboxylic acids is 2. The molecule has 7 heteroatoms. The molecule has 24 heavy (non-hydrogen) atoms. The van der Waals surface area contributed by atoms with Crippen LogP contribution < -0.4 is 10.2 Å². The van der Waals surface area contributed by atoms with E-state index in [2.05, 4.69) is 10.3 Å².